The minimum absolute atomic E-state index is 0.302. The molecule has 0 aliphatic carbocycles. The minimum atomic E-state index is -0.741. The predicted octanol–water partition coefficient (Wildman–Crippen LogP) is 6.48. The Morgan fingerprint density at radius 3 is 2.06 bits per heavy atom. The lowest BCUT2D eigenvalue weighted by Gasteiger charge is -2.22. The Kier molecular flexibility index (Phi) is 7.72. The van der Waals surface area contributed by atoms with Crippen LogP contribution in [0.15, 0.2) is 96.0 Å². The molecular formula is C28H28FNO2. The molecule has 0 saturated carbocycles. The summed E-state index contributed by atoms with van der Waals surface area (Å²) in [6.07, 6.45) is 3.95. The molecule has 0 bridgehead atoms. The molecule has 3 rings (SSSR count). The summed E-state index contributed by atoms with van der Waals surface area (Å²) < 4.78 is 19.1. The molecule has 0 aromatic heterocycles. The maximum absolute atomic E-state index is 13.5. The fourth-order valence-corrected chi connectivity index (χ4v) is 3.18. The van der Waals surface area contributed by atoms with Crippen molar-refractivity contribution >= 4 is 17.8 Å². The Labute approximate surface area is 189 Å². The van der Waals surface area contributed by atoms with Gasteiger partial charge in [-0.1, -0.05) is 84.9 Å². The molecule has 32 heavy (non-hydrogen) atoms. The Hall–Kier alpha value is -3.53. The molecule has 0 amide bonds. The molecule has 0 aliphatic rings. The summed E-state index contributed by atoms with van der Waals surface area (Å²) in [5, 5.41) is 0. The van der Waals surface area contributed by atoms with Gasteiger partial charge >= 0.3 is 5.97 Å². The van der Waals surface area contributed by atoms with Crippen LogP contribution in [0.25, 0.3) is 6.08 Å². The fraction of sp³-hybridized carbons (Fsp3) is 0.214. The third kappa shape index (κ3) is 7.02. The van der Waals surface area contributed by atoms with Crippen LogP contribution < -0.4 is 0 Å². The Balaban J connectivity index is 1.97. The number of carbonyl (C=O) groups is 1. The van der Waals surface area contributed by atoms with Crippen molar-refractivity contribution in [2.75, 3.05) is 0 Å². The summed E-state index contributed by atoms with van der Waals surface area (Å²) in [5.74, 6) is -0.699. The van der Waals surface area contributed by atoms with Crippen LogP contribution in [0.1, 0.15) is 43.9 Å². The second kappa shape index (κ2) is 10.7. The summed E-state index contributed by atoms with van der Waals surface area (Å²) in [6.45, 7) is 5.51. The van der Waals surface area contributed by atoms with Crippen LogP contribution in [-0.2, 0) is 9.53 Å². The normalized spacial score (nSPS) is 12.4. The van der Waals surface area contributed by atoms with E-state index < -0.39 is 17.6 Å². The number of aliphatic imine (C=N–C) groups is 1. The van der Waals surface area contributed by atoms with E-state index in [2.05, 4.69) is 0 Å². The molecule has 0 fully saturated rings. The van der Waals surface area contributed by atoms with Crippen molar-refractivity contribution in [1.29, 1.82) is 0 Å². The van der Waals surface area contributed by atoms with E-state index in [-0.39, 0.29) is 5.82 Å². The summed E-state index contributed by atoms with van der Waals surface area (Å²) in [7, 11) is 0. The lowest BCUT2D eigenvalue weighted by molar-refractivity contribution is -0.156. The second-order valence-electron chi connectivity index (χ2n) is 8.45. The van der Waals surface area contributed by atoms with Gasteiger partial charge in [-0.3, -0.25) is 4.99 Å². The first kappa shape index (κ1) is 23.1. The van der Waals surface area contributed by atoms with Gasteiger partial charge in [0.15, 0.2) is 6.04 Å². The molecular weight excluding hydrogens is 401 g/mol. The Morgan fingerprint density at radius 2 is 1.53 bits per heavy atom. The van der Waals surface area contributed by atoms with Crippen molar-refractivity contribution < 1.29 is 13.9 Å². The average molecular weight is 430 g/mol. The zero-order valence-corrected chi connectivity index (χ0v) is 18.7. The highest BCUT2D eigenvalue weighted by molar-refractivity contribution is 6.13. The van der Waals surface area contributed by atoms with E-state index in [4.69, 9.17) is 9.73 Å². The molecule has 3 nitrogen and oxygen atoms in total. The molecule has 0 saturated heterocycles. The zero-order valence-electron chi connectivity index (χ0n) is 18.7. The van der Waals surface area contributed by atoms with Crippen LogP contribution in [0, 0.1) is 5.82 Å². The van der Waals surface area contributed by atoms with Crippen molar-refractivity contribution in [3.05, 3.63) is 114 Å². The number of esters is 1. The zero-order chi connectivity index (χ0) is 23.0. The molecule has 164 valence electrons. The van der Waals surface area contributed by atoms with Gasteiger partial charge < -0.3 is 4.74 Å². The topological polar surface area (TPSA) is 38.7 Å². The summed E-state index contributed by atoms with van der Waals surface area (Å²) >= 11 is 0. The van der Waals surface area contributed by atoms with E-state index >= 15 is 0 Å². The van der Waals surface area contributed by atoms with Gasteiger partial charge in [0.05, 0.1) is 5.71 Å². The van der Waals surface area contributed by atoms with E-state index in [0.29, 0.717) is 6.42 Å². The first-order valence-electron chi connectivity index (χ1n) is 10.7. The molecule has 0 heterocycles. The third-order valence-electron chi connectivity index (χ3n) is 4.58. The van der Waals surface area contributed by atoms with Gasteiger partial charge in [-0.25, -0.2) is 9.18 Å². The predicted molar refractivity (Wildman–Crippen MR) is 128 cm³/mol. The molecule has 3 aromatic carbocycles. The van der Waals surface area contributed by atoms with Crippen molar-refractivity contribution in [2.45, 2.75) is 38.8 Å². The monoisotopic (exact) mass is 429 g/mol. The number of nitrogens with zero attached hydrogens (tertiary/aromatic N) is 1. The van der Waals surface area contributed by atoms with Gasteiger partial charge in [-0.2, -0.15) is 0 Å². The molecule has 0 radical (unpaired) electrons. The van der Waals surface area contributed by atoms with Crippen molar-refractivity contribution in [2.24, 2.45) is 4.99 Å². The van der Waals surface area contributed by atoms with Crippen LogP contribution in [0.4, 0.5) is 4.39 Å². The molecule has 0 spiro atoms. The highest BCUT2D eigenvalue weighted by Crippen LogP contribution is 2.18. The number of ether oxygens (including phenoxy) is 1. The van der Waals surface area contributed by atoms with Gasteiger partial charge in [0.1, 0.15) is 11.4 Å². The average Bonchev–Trinajstić information content (AvgIpc) is 2.76. The quantitative estimate of drug-likeness (QED) is 0.319. The second-order valence-corrected chi connectivity index (χ2v) is 8.45. The lowest BCUT2D eigenvalue weighted by Crippen LogP contribution is -2.31. The number of halogens is 1. The van der Waals surface area contributed by atoms with Gasteiger partial charge in [0, 0.05) is 11.1 Å². The fourth-order valence-electron chi connectivity index (χ4n) is 3.18. The van der Waals surface area contributed by atoms with Crippen LogP contribution >= 0.6 is 0 Å². The molecule has 4 heteroatoms. The number of hydrogen-bond donors (Lipinski definition) is 0. The van der Waals surface area contributed by atoms with Crippen LogP contribution in [0.5, 0.6) is 0 Å². The first-order chi connectivity index (χ1) is 15.3. The number of benzene rings is 3. The van der Waals surface area contributed by atoms with Gasteiger partial charge in [0.25, 0.3) is 0 Å². The van der Waals surface area contributed by atoms with Crippen LogP contribution in [0.3, 0.4) is 0 Å². The van der Waals surface area contributed by atoms with Crippen molar-refractivity contribution in [3.63, 3.8) is 0 Å². The molecule has 1 atom stereocenters. The van der Waals surface area contributed by atoms with Gasteiger partial charge in [-0.15, -0.1) is 0 Å². The SMILES string of the molecule is CC(C)(C)OC(=O)[C@H](C/C=C/c1cccc(F)c1)N=C(c1ccccc1)c1ccccc1. The van der Waals surface area contributed by atoms with E-state index in [0.717, 1.165) is 22.4 Å². The van der Waals surface area contributed by atoms with Crippen molar-refractivity contribution in [1.82, 2.24) is 0 Å². The van der Waals surface area contributed by atoms with Gasteiger partial charge in [-0.05, 0) is 44.9 Å². The smallest absolute Gasteiger partial charge is 0.331 e. The van der Waals surface area contributed by atoms with E-state index in [1.54, 1.807) is 12.1 Å². The molecule has 0 aliphatic heterocycles. The van der Waals surface area contributed by atoms with E-state index in [1.165, 1.54) is 12.1 Å². The van der Waals surface area contributed by atoms with Crippen LogP contribution in [-0.4, -0.2) is 23.3 Å². The summed E-state index contributed by atoms with van der Waals surface area (Å²) in [5.41, 5.74) is 2.66. The number of carbonyl (C=O) groups excluding carboxylic acids is 1. The minimum Gasteiger partial charge on any atom is -0.458 e. The summed E-state index contributed by atoms with van der Waals surface area (Å²) in [4.78, 5) is 17.9. The highest BCUT2D eigenvalue weighted by Gasteiger charge is 2.25. The van der Waals surface area contributed by atoms with Crippen molar-refractivity contribution in [3.8, 4) is 0 Å². The molecule has 0 N–H and O–H groups in total. The van der Waals surface area contributed by atoms with E-state index in [9.17, 15) is 9.18 Å². The standard InChI is InChI=1S/C28H28FNO2/c1-28(2,3)32-27(31)25(19-11-13-21-12-10-18-24(29)20-21)30-26(22-14-6-4-7-15-22)23-16-8-5-9-17-23/h4-18,20,25H,19H2,1-3H3/b13-11+/t25-/m0/s1. The first-order valence-corrected chi connectivity index (χ1v) is 10.7. The summed E-state index contributed by atoms with van der Waals surface area (Å²) in [6, 6.07) is 25.1. The highest BCUT2D eigenvalue weighted by atomic mass is 19.1. The van der Waals surface area contributed by atoms with Crippen LogP contribution in [0.2, 0.25) is 0 Å². The van der Waals surface area contributed by atoms with E-state index in [1.807, 2.05) is 93.6 Å². The third-order valence-corrected chi connectivity index (χ3v) is 4.58. The maximum Gasteiger partial charge on any atom is 0.331 e. The molecule has 3 aromatic rings. The maximum atomic E-state index is 13.5. The van der Waals surface area contributed by atoms with Gasteiger partial charge in [0.2, 0.25) is 0 Å². The Bertz CT molecular complexity index is 1040. The largest absolute Gasteiger partial charge is 0.458 e. The number of hydrogen-bond acceptors (Lipinski definition) is 3. The molecule has 0 unspecified atom stereocenters. The Morgan fingerprint density at radius 1 is 0.938 bits per heavy atom. The lowest BCUT2D eigenvalue weighted by atomic mass is 10.0. The number of rotatable bonds is 7.